The van der Waals surface area contributed by atoms with Gasteiger partial charge in [0.2, 0.25) is 0 Å². The van der Waals surface area contributed by atoms with Gasteiger partial charge in [-0.2, -0.15) is 8.42 Å². The van der Waals surface area contributed by atoms with Crippen LogP contribution in [0.1, 0.15) is 187 Å². The molecule has 0 amide bonds. The van der Waals surface area contributed by atoms with E-state index in [9.17, 15) is 8.42 Å². The van der Waals surface area contributed by atoms with E-state index >= 15 is 0 Å². The lowest BCUT2D eigenvalue weighted by Crippen LogP contribution is -2.11. The summed E-state index contributed by atoms with van der Waals surface area (Å²) in [6.07, 6.45) is 34.9. The maximum Gasteiger partial charge on any atom is 0.267 e. The van der Waals surface area contributed by atoms with Crippen LogP contribution in [0.5, 0.6) is 0 Å². The van der Waals surface area contributed by atoms with E-state index in [2.05, 4.69) is 13.8 Å². The Morgan fingerprint density at radius 3 is 0.943 bits per heavy atom. The molecule has 0 aliphatic heterocycles. The molecule has 0 aromatic rings. The van der Waals surface area contributed by atoms with Crippen LogP contribution in [0, 0.1) is 0 Å². The molecule has 3 nitrogen and oxygen atoms in total. The first kappa shape index (κ1) is 34.9. The second kappa shape index (κ2) is 28.5. The van der Waals surface area contributed by atoms with Crippen molar-refractivity contribution in [1.29, 1.82) is 0 Å². The molecule has 4 heteroatoms. The molecule has 0 saturated heterocycles. The van der Waals surface area contributed by atoms with Crippen molar-refractivity contribution in [3.8, 4) is 0 Å². The van der Waals surface area contributed by atoms with Crippen molar-refractivity contribution in [1.82, 2.24) is 0 Å². The highest BCUT2D eigenvalue weighted by Crippen LogP contribution is 2.15. The molecule has 0 atom stereocenters. The second-order valence-corrected chi connectivity index (χ2v) is 12.7. The van der Waals surface area contributed by atoms with Crippen molar-refractivity contribution < 1.29 is 12.6 Å². The highest BCUT2D eigenvalue weighted by molar-refractivity contribution is 7.86. The van der Waals surface area contributed by atoms with Crippen LogP contribution in [0.2, 0.25) is 0 Å². The molecule has 0 saturated carbocycles. The summed E-state index contributed by atoms with van der Waals surface area (Å²) >= 11 is 0. The first-order chi connectivity index (χ1) is 17.1. The molecule has 0 rings (SSSR count). The minimum atomic E-state index is -3.31. The van der Waals surface area contributed by atoms with E-state index in [0.717, 1.165) is 32.1 Å². The third-order valence-electron chi connectivity index (χ3n) is 7.26. The Morgan fingerprint density at radius 2 is 0.629 bits per heavy atom. The topological polar surface area (TPSA) is 43.4 Å². The smallest absolute Gasteiger partial charge is 0.267 e. The Labute approximate surface area is 222 Å². The highest BCUT2D eigenvalue weighted by atomic mass is 32.2. The van der Waals surface area contributed by atoms with Gasteiger partial charge in [0.05, 0.1) is 12.4 Å². The van der Waals surface area contributed by atoms with Crippen LogP contribution < -0.4 is 0 Å². The maximum absolute atomic E-state index is 12.0. The van der Waals surface area contributed by atoms with Crippen molar-refractivity contribution in [3.63, 3.8) is 0 Å². The molecule has 0 aliphatic carbocycles. The van der Waals surface area contributed by atoms with Gasteiger partial charge in [0.15, 0.2) is 0 Å². The fourth-order valence-corrected chi connectivity index (χ4v) is 5.89. The zero-order chi connectivity index (χ0) is 25.7. The van der Waals surface area contributed by atoms with Crippen LogP contribution in [0.25, 0.3) is 0 Å². The van der Waals surface area contributed by atoms with Gasteiger partial charge in [0, 0.05) is 0 Å². The second-order valence-electron chi connectivity index (χ2n) is 10.9. The zero-order valence-electron chi connectivity index (χ0n) is 24.1. The molecule has 0 aromatic carbocycles. The van der Waals surface area contributed by atoms with Crippen molar-refractivity contribution in [2.75, 3.05) is 12.4 Å². The van der Waals surface area contributed by atoms with Crippen LogP contribution in [-0.2, 0) is 14.3 Å². The summed E-state index contributed by atoms with van der Waals surface area (Å²) in [7, 11) is -3.31. The van der Waals surface area contributed by atoms with Crippen LogP contribution >= 0.6 is 0 Å². The molecule has 0 fully saturated rings. The van der Waals surface area contributed by atoms with E-state index < -0.39 is 10.1 Å². The summed E-state index contributed by atoms with van der Waals surface area (Å²) in [5.41, 5.74) is 0. The molecule has 0 aromatic heterocycles. The minimum absolute atomic E-state index is 0.196. The summed E-state index contributed by atoms with van der Waals surface area (Å²) in [6.45, 7) is 4.90. The highest BCUT2D eigenvalue weighted by Gasteiger charge is 2.10. The molecular weight excluding hydrogens is 452 g/mol. The van der Waals surface area contributed by atoms with Crippen molar-refractivity contribution in [2.45, 2.75) is 187 Å². The number of hydrogen-bond acceptors (Lipinski definition) is 3. The number of rotatable bonds is 30. The van der Waals surface area contributed by atoms with Gasteiger partial charge in [0.25, 0.3) is 10.1 Å². The molecule has 0 heterocycles. The predicted molar refractivity (Wildman–Crippen MR) is 156 cm³/mol. The molecule has 35 heavy (non-hydrogen) atoms. The SMILES string of the molecule is CCCCCCCCCCCCCCCCCCCCOS(=O)(=O)CCCCCCCCCCC. The summed E-state index contributed by atoms with van der Waals surface area (Å²) in [5, 5.41) is 0. The summed E-state index contributed by atoms with van der Waals surface area (Å²) in [4.78, 5) is 0. The summed E-state index contributed by atoms with van der Waals surface area (Å²) < 4.78 is 29.2. The predicted octanol–water partition coefficient (Wildman–Crippen LogP) is 10.9. The van der Waals surface area contributed by atoms with E-state index in [1.165, 1.54) is 141 Å². The first-order valence-electron chi connectivity index (χ1n) is 16.0. The molecule has 0 bridgehead atoms. The van der Waals surface area contributed by atoms with Gasteiger partial charge in [0.1, 0.15) is 0 Å². The molecule has 0 spiro atoms. The van der Waals surface area contributed by atoms with Gasteiger partial charge in [-0.15, -0.1) is 0 Å². The van der Waals surface area contributed by atoms with Crippen molar-refractivity contribution in [3.05, 3.63) is 0 Å². The largest absolute Gasteiger partial charge is 0.270 e. The molecular formula is C31H64O3S. The molecule has 0 unspecified atom stereocenters. The Balaban J connectivity index is 3.25. The zero-order valence-corrected chi connectivity index (χ0v) is 25.0. The standard InChI is InChI=1S/C31H64O3S/c1-3-5-7-9-11-13-14-15-16-17-18-19-20-21-22-24-26-28-30-34-35(32,33)31-29-27-25-23-12-10-8-6-4-2/h3-31H2,1-2H3. The van der Waals surface area contributed by atoms with Crippen LogP contribution in [0.4, 0.5) is 0 Å². The Hall–Kier alpha value is -0.0900. The molecule has 0 N–H and O–H groups in total. The Kier molecular flexibility index (Phi) is 28.4. The Morgan fingerprint density at radius 1 is 0.371 bits per heavy atom. The van der Waals surface area contributed by atoms with Gasteiger partial charge < -0.3 is 0 Å². The average Bonchev–Trinajstić information content (AvgIpc) is 2.84. The van der Waals surface area contributed by atoms with Crippen molar-refractivity contribution in [2.24, 2.45) is 0 Å². The average molecular weight is 517 g/mol. The lowest BCUT2D eigenvalue weighted by molar-refractivity contribution is 0.305. The van der Waals surface area contributed by atoms with Crippen LogP contribution in [-0.4, -0.2) is 20.8 Å². The van der Waals surface area contributed by atoms with Crippen LogP contribution in [0.15, 0.2) is 0 Å². The minimum Gasteiger partial charge on any atom is -0.270 e. The third kappa shape index (κ3) is 30.0. The fourth-order valence-electron chi connectivity index (χ4n) is 4.84. The van der Waals surface area contributed by atoms with E-state index in [-0.39, 0.29) is 5.75 Å². The normalized spacial score (nSPS) is 11.9. The lowest BCUT2D eigenvalue weighted by Gasteiger charge is -2.06. The quantitative estimate of drug-likeness (QED) is 0.0704. The van der Waals surface area contributed by atoms with Crippen LogP contribution in [0.3, 0.4) is 0 Å². The van der Waals surface area contributed by atoms with E-state index in [1.54, 1.807) is 0 Å². The maximum atomic E-state index is 12.0. The summed E-state index contributed by atoms with van der Waals surface area (Å²) in [5.74, 6) is 0.196. The van der Waals surface area contributed by atoms with E-state index in [4.69, 9.17) is 4.18 Å². The van der Waals surface area contributed by atoms with E-state index in [1.807, 2.05) is 0 Å². The van der Waals surface area contributed by atoms with Gasteiger partial charge in [-0.1, -0.05) is 174 Å². The lowest BCUT2D eigenvalue weighted by atomic mass is 10.0. The fraction of sp³-hybridized carbons (Fsp3) is 1.00. The molecule has 0 radical (unpaired) electrons. The van der Waals surface area contributed by atoms with Gasteiger partial charge in [-0.3, -0.25) is 4.18 Å². The number of unbranched alkanes of at least 4 members (excludes halogenated alkanes) is 25. The number of hydrogen-bond donors (Lipinski definition) is 0. The van der Waals surface area contributed by atoms with Gasteiger partial charge >= 0.3 is 0 Å². The molecule has 212 valence electrons. The van der Waals surface area contributed by atoms with Crippen molar-refractivity contribution >= 4 is 10.1 Å². The van der Waals surface area contributed by atoms with Gasteiger partial charge in [-0.05, 0) is 12.8 Å². The monoisotopic (exact) mass is 516 g/mol. The molecule has 0 aliphatic rings. The third-order valence-corrected chi connectivity index (χ3v) is 8.57. The first-order valence-corrected chi connectivity index (χ1v) is 17.6. The van der Waals surface area contributed by atoms with E-state index in [0.29, 0.717) is 6.61 Å². The Bertz CT molecular complexity index is 489. The van der Waals surface area contributed by atoms with Gasteiger partial charge in [-0.25, -0.2) is 0 Å². The summed E-state index contributed by atoms with van der Waals surface area (Å²) in [6, 6.07) is 0.